The van der Waals surface area contributed by atoms with Crippen LogP contribution in [0.25, 0.3) is 34.3 Å². The van der Waals surface area contributed by atoms with Crippen LogP contribution in [0.1, 0.15) is 74.9 Å². The molecule has 5 nitrogen and oxygen atoms in total. The Hall–Kier alpha value is -7.73. The number of benzene rings is 7. The molecule has 0 bridgehead atoms. The van der Waals surface area contributed by atoms with Gasteiger partial charge in [-0.1, -0.05) is 114 Å². The molecule has 0 saturated heterocycles. The lowest BCUT2D eigenvalue weighted by Crippen LogP contribution is -2.13. The highest BCUT2D eigenvalue weighted by molar-refractivity contribution is 5.86. The van der Waals surface area contributed by atoms with Crippen LogP contribution < -0.4 is 9.80 Å². The minimum atomic E-state index is 0.0537. The van der Waals surface area contributed by atoms with E-state index in [2.05, 4.69) is 203 Å². The zero-order chi connectivity index (χ0) is 43.4. The summed E-state index contributed by atoms with van der Waals surface area (Å²) in [4.78, 5) is 9.50. The van der Waals surface area contributed by atoms with Gasteiger partial charge < -0.3 is 9.80 Å². The predicted octanol–water partition coefficient (Wildman–Crippen LogP) is 15.4. The Balaban J connectivity index is 1.00. The van der Waals surface area contributed by atoms with E-state index in [4.69, 9.17) is 4.98 Å². The van der Waals surface area contributed by atoms with Crippen molar-refractivity contribution in [2.75, 3.05) is 9.80 Å². The molecule has 5 heteroatoms. The summed E-state index contributed by atoms with van der Waals surface area (Å²) in [6.07, 6.45) is 4.28. The Bertz CT molecular complexity index is 2940. The second-order valence-electron chi connectivity index (χ2n) is 17.7. The van der Waals surface area contributed by atoms with Crippen LogP contribution in [0.4, 0.5) is 34.1 Å². The van der Waals surface area contributed by atoms with Crippen LogP contribution >= 0.6 is 0 Å². The van der Waals surface area contributed by atoms with E-state index in [9.17, 15) is 10.5 Å². The van der Waals surface area contributed by atoms with Crippen molar-refractivity contribution in [2.24, 2.45) is 0 Å². The molecule has 0 aliphatic rings. The van der Waals surface area contributed by atoms with Crippen molar-refractivity contribution < 1.29 is 0 Å². The molecule has 0 amide bonds. The summed E-state index contributed by atoms with van der Waals surface area (Å²) in [6, 6.07) is 65.0. The Kier molecular flexibility index (Phi) is 11.3. The fourth-order valence-electron chi connectivity index (χ4n) is 7.60. The number of fused-ring (bicyclic) bond motifs is 1. The Morgan fingerprint density at radius 2 is 0.790 bits per heavy atom. The quantitative estimate of drug-likeness (QED) is 0.136. The molecule has 0 N–H and O–H groups in total. The van der Waals surface area contributed by atoms with E-state index >= 15 is 0 Å². The highest BCUT2D eigenvalue weighted by Crippen LogP contribution is 2.38. The molecule has 0 saturated carbocycles. The van der Waals surface area contributed by atoms with Gasteiger partial charge in [0.05, 0.1) is 34.5 Å². The van der Waals surface area contributed by atoms with Gasteiger partial charge in [-0.15, -0.1) is 0 Å². The maximum Gasteiger partial charge on any atom is 0.0991 e. The standard InChI is InChI=1S/C57H49N5/c1-56(2,3)46-19-31-52(32-20-46)61(49-25-11-42(38-58)12-26-49)48-23-9-40(10-24-48)7-8-41-15-35-55-45(37-41)18-36-54(60-55)44-16-29-51(30-17-44)62(50-27-13-43(39-59)14-28-50)53-33-21-47(22-34-53)57(4,5)6/h7-37H,1-6H3/b8-7+. The normalized spacial score (nSPS) is 11.6. The summed E-state index contributed by atoms with van der Waals surface area (Å²) in [5.74, 6) is 0. The zero-order valence-corrected chi connectivity index (χ0v) is 36.1. The van der Waals surface area contributed by atoms with Crippen molar-refractivity contribution in [2.45, 2.75) is 52.4 Å². The van der Waals surface area contributed by atoms with Crippen molar-refractivity contribution in [3.8, 4) is 23.4 Å². The van der Waals surface area contributed by atoms with E-state index in [1.54, 1.807) is 0 Å². The average molecular weight is 804 g/mol. The summed E-state index contributed by atoms with van der Waals surface area (Å²) >= 11 is 0. The topological polar surface area (TPSA) is 67.0 Å². The Labute approximate surface area is 366 Å². The average Bonchev–Trinajstić information content (AvgIpc) is 3.29. The summed E-state index contributed by atoms with van der Waals surface area (Å²) in [5, 5.41) is 19.9. The number of hydrogen-bond acceptors (Lipinski definition) is 5. The maximum atomic E-state index is 9.42. The van der Waals surface area contributed by atoms with Crippen molar-refractivity contribution in [3.05, 3.63) is 209 Å². The highest BCUT2D eigenvalue weighted by atomic mass is 15.1. The fraction of sp³-hybridized carbons (Fsp3) is 0.140. The summed E-state index contributed by atoms with van der Waals surface area (Å²) in [7, 11) is 0. The van der Waals surface area contributed by atoms with Gasteiger partial charge >= 0.3 is 0 Å². The first-order valence-corrected chi connectivity index (χ1v) is 21.0. The number of aromatic nitrogens is 1. The molecule has 0 aliphatic heterocycles. The van der Waals surface area contributed by atoms with E-state index in [0.717, 1.165) is 67.4 Å². The van der Waals surface area contributed by atoms with E-state index in [1.165, 1.54) is 11.1 Å². The van der Waals surface area contributed by atoms with Crippen molar-refractivity contribution in [3.63, 3.8) is 0 Å². The van der Waals surface area contributed by atoms with Gasteiger partial charge in [0.1, 0.15) is 0 Å². The molecule has 0 unspecified atom stereocenters. The number of pyridine rings is 1. The molecule has 0 fully saturated rings. The number of anilines is 6. The lowest BCUT2D eigenvalue weighted by molar-refractivity contribution is 0.590. The van der Waals surface area contributed by atoms with Crippen LogP contribution in [0, 0.1) is 22.7 Å². The van der Waals surface area contributed by atoms with E-state index in [0.29, 0.717) is 11.1 Å². The highest BCUT2D eigenvalue weighted by Gasteiger charge is 2.19. The van der Waals surface area contributed by atoms with Gasteiger partial charge in [0.2, 0.25) is 0 Å². The smallest absolute Gasteiger partial charge is 0.0991 e. The second-order valence-corrected chi connectivity index (χ2v) is 17.7. The number of rotatable bonds is 9. The molecule has 7 aromatic carbocycles. The van der Waals surface area contributed by atoms with Gasteiger partial charge in [-0.05, 0) is 148 Å². The molecule has 1 heterocycles. The zero-order valence-electron chi connectivity index (χ0n) is 36.1. The molecule has 8 aromatic rings. The van der Waals surface area contributed by atoms with E-state index in [-0.39, 0.29) is 10.8 Å². The van der Waals surface area contributed by atoms with Gasteiger partial charge in [0, 0.05) is 45.1 Å². The molecule has 1 aromatic heterocycles. The molecular weight excluding hydrogens is 755 g/mol. The lowest BCUT2D eigenvalue weighted by atomic mass is 9.87. The van der Waals surface area contributed by atoms with Gasteiger partial charge in [-0.25, -0.2) is 4.98 Å². The number of nitriles is 2. The Morgan fingerprint density at radius 3 is 1.21 bits per heavy atom. The summed E-state index contributed by atoms with van der Waals surface area (Å²) in [5.41, 5.74) is 15.1. The van der Waals surface area contributed by atoms with Gasteiger partial charge in [0.25, 0.3) is 0 Å². The van der Waals surface area contributed by atoms with Crippen molar-refractivity contribution >= 4 is 57.2 Å². The van der Waals surface area contributed by atoms with Crippen LogP contribution in [0.2, 0.25) is 0 Å². The third kappa shape index (κ3) is 9.04. The summed E-state index contributed by atoms with van der Waals surface area (Å²) in [6.45, 7) is 13.3. The van der Waals surface area contributed by atoms with Crippen molar-refractivity contribution in [1.29, 1.82) is 10.5 Å². The first-order valence-electron chi connectivity index (χ1n) is 21.0. The SMILES string of the molecule is CC(C)(C)c1ccc(N(c2ccc(C#N)cc2)c2ccc(/C=C/c3ccc4nc(-c5ccc(N(c6ccc(C#N)cc6)c6ccc(C(C)(C)C)cc6)cc5)ccc4c3)cc2)cc1. The minimum absolute atomic E-state index is 0.0537. The van der Waals surface area contributed by atoms with E-state index in [1.807, 2.05) is 48.5 Å². The molecule has 8 rings (SSSR count). The minimum Gasteiger partial charge on any atom is -0.311 e. The molecule has 62 heavy (non-hydrogen) atoms. The van der Waals surface area contributed by atoms with Crippen LogP contribution in [0.5, 0.6) is 0 Å². The fourth-order valence-corrected chi connectivity index (χ4v) is 7.60. The van der Waals surface area contributed by atoms with Crippen LogP contribution in [-0.2, 0) is 10.8 Å². The van der Waals surface area contributed by atoms with Crippen LogP contribution in [0.3, 0.4) is 0 Å². The lowest BCUT2D eigenvalue weighted by Gasteiger charge is -2.27. The first-order chi connectivity index (χ1) is 29.9. The predicted molar refractivity (Wildman–Crippen MR) is 259 cm³/mol. The van der Waals surface area contributed by atoms with Gasteiger partial charge in [-0.3, -0.25) is 0 Å². The molecule has 0 atom stereocenters. The number of nitrogens with zero attached hydrogens (tertiary/aromatic N) is 5. The molecule has 0 aliphatic carbocycles. The monoisotopic (exact) mass is 803 g/mol. The van der Waals surface area contributed by atoms with Crippen molar-refractivity contribution in [1.82, 2.24) is 4.98 Å². The van der Waals surface area contributed by atoms with Gasteiger partial charge in [-0.2, -0.15) is 10.5 Å². The summed E-state index contributed by atoms with van der Waals surface area (Å²) < 4.78 is 0. The number of hydrogen-bond donors (Lipinski definition) is 0. The van der Waals surface area contributed by atoms with Gasteiger partial charge in [0.15, 0.2) is 0 Å². The molecule has 0 spiro atoms. The maximum absolute atomic E-state index is 9.42. The third-order valence-corrected chi connectivity index (χ3v) is 11.2. The Morgan fingerprint density at radius 1 is 0.419 bits per heavy atom. The van der Waals surface area contributed by atoms with Crippen LogP contribution in [0.15, 0.2) is 176 Å². The molecule has 302 valence electrons. The molecular formula is C57H49N5. The second kappa shape index (κ2) is 17.1. The molecule has 0 radical (unpaired) electrons. The van der Waals surface area contributed by atoms with E-state index < -0.39 is 0 Å². The largest absolute Gasteiger partial charge is 0.311 e. The first kappa shape index (κ1) is 41.0. The van der Waals surface area contributed by atoms with Crippen LogP contribution in [-0.4, -0.2) is 4.98 Å². The third-order valence-electron chi connectivity index (χ3n) is 11.2.